The number of aromatic nitrogens is 2. The number of alkyl carbamates (subject to hydrolysis) is 1. The number of aromatic amines is 1. The Hall–Kier alpha value is -1.52. The Morgan fingerprint density at radius 1 is 1.91 bits per heavy atom. The van der Waals surface area contributed by atoms with Gasteiger partial charge >= 0.3 is 6.09 Å². The van der Waals surface area contributed by atoms with Crippen LogP contribution in [0.1, 0.15) is 5.69 Å². The van der Waals surface area contributed by atoms with Gasteiger partial charge in [0.15, 0.2) is 0 Å². The Bertz CT molecular complexity index is 220. The molecular weight excluding hydrogens is 146 g/mol. The molecule has 0 aliphatic rings. The molecule has 0 atom stereocenters. The molecule has 0 fully saturated rings. The number of hydrogen-bond acceptors (Lipinski definition) is 3. The molecule has 0 aromatic carbocycles. The molecule has 60 valence electrons. The van der Waals surface area contributed by atoms with E-state index in [-0.39, 0.29) is 0 Å². The number of carbonyl (C=O) groups is 1. The van der Waals surface area contributed by atoms with Gasteiger partial charge in [0.1, 0.15) is 0 Å². The van der Waals surface area contributed by atoms with Crippen molar-refractivity contribution in [1.29, 1.82) is 0 Å². The Labute approximate surface area is 63.7 Å². The van der Waals surface area contributed by atoms with Crippen LogP contribution in [0.2, 0.25) is 0 Å². The van der Waals surface area contributed by atoms with E-state index < -0.39 is 6.09 Å². The summed E-state index contributed by atoms with van der Waals surface area (Å²) in [6.07, 6.45) is 1.17. The molecule has 0 aliphatic carbocycles. The molecule has 0 spiro atoms. The number of ether oxygens (including phenoxy) is 1. The number of nitrogens with zero attached hydrogens (tertiary/aromatic N) is 1. The van der Waals surface area contributed by atoms with Gasteiger partial charge in [-0.05, 0) is 6.07 Å². The fraction of sp³-hybridized carbons (Fsp3) is 0.333. The van der Waals surface area contributed by atoms with E-state index in [1.165, 1.54) is 7.11 Å². The van der Waals surface area contributed by atoms with Crippen molar-refractivity contribution in [3.63, 3.8) is 0 Å². The van der Waals surface area contributed by atoms with Crippen LogP contribution in [0.3, 0.4) is 0 Å². The topological polar surface area (TPSA) is 67.0 Å². The maximum Gasteiger partial charge on any atom is 0.407 e. The molecule has 1 rings (SSSR count). The first kappa shape index (κ1) is 7.59. The van der Waals surface area contributed by atoms with Crippen LogP contribution in [0.15, 0.2) is 12.3 Å². The van der Waals surface area contributed by atoms with E-state index in [9.17, 15) is 4.79 Å². The Balaban J connectivity index is 2.29. The first-order valence-electron chi connectivity index (χ1n) is 3.13. The van der Waals surface area contributed by atoms with Crippen molar-refractivity contribution < 1.29 is 9.53 Å². The van der Waals surface area contributed by atoms with Crippen LogP contribution in [0.5, 0.6) is 0 Å². The van der Waals surface area contributed by atoms with Gasteiger partial charge in [0.05, 0.1) is 19.3 Å². The number of methoxy groups -OCH3 is 1. The summed E-state index contributed by atoms with van der Waals surface area (Å²) in [6.45, 7) is 0.409. The molecule has 1 heterocycles. The predicted molar refractivity (Wildman–Crippen MR) is 37.8 cm³/mol. The van der Waals surface area contributed by atoms with Crippen LogP contribution in [0.4, 0.5) is 4.79 Å². The first-order valence-corrected chi connectivity index (χ1v) is 3.13. The predicted octanol–water partition coefficient (Wildman–Crippen LogP) is 0.266. The Morgan fingerprint density at radius 2 is 2.73 bits per heavy atom. The second-order valence-corrected chi connectivity index (χ2v) is 1.93. The normalized spacial score (nSPS) is 9.18. The summed E-state index contributed by atoms with van der Waals surface area (Å²) in [5.74, 6) is 0. The summed E-state index contributed by atoms with van der Waals surface area (Å²) >= 11 is 0. The highest BCUT2D eigenvalue weighted by molar-refractivity contribution is 5.66. The quantitative estimate of drug-likeness (QED) is 0.644. The minimum absolute atomic E-state index is 0.409. The third kappa shape index (κ3) is 2.29. The third-order valence-electron chi connectivity index (χ3n) is 1.17. The van der Waals surface area contributed by atoms with Gasteiger partial charge in [0.25, 0.3) is 0 Å². The van der Waals surface area contributed by atoms with E-state index in [2.05, 4.69) is 20.3 Å². The fourth-order valence-corrected chi connectivity index (χ4v) is 0.623. The Kier molecular flexibility index (Phi) is 2.48. The standard InChI is InChI=1S/C6H9N3O2/c1-11-6(10)7-4-5-2-3-8-9-5/h2-3H,4H2,1H3,(H,7,10)(H,8,9). The number of amides is 1. The smallest absolute Gasteiger partial charge is 0.407 e. The molecule has 1 aromatic heterocycles. The molecule has 5 nitrogen and oxygen atoms in total. The SMILES string of the molecule is COC(=O)NCc1ccn[nH]1. The van der Waals surface area contributed by atoms with Gasteiger partial charge in [0.2, 0.25) is 0 Å². The summed E-state index contributed by atoms with van der Waals surface area (Å²) < 4.78 is 4.36. The number of H-pyrrole nitrogens is 1. The van der Waals surface area contributed by atoms with Crippen LogP contribution >= 0.6 is 0 Å². The van der Waals surface area contributed by atoms with E-state index in [4.69, 9.17) is 0 Å². The van der Waals surface area contributed by atoms with Crippen molar-refractivity contribution >= 4 is 6.09 Å². The van der Waals surface area contributed by atoms with E-state index in [0.717, 1.165) is 5.69 Å². The van der Waals surface area contributed by atoms with E-state index in [1.54, 1.807) is 12.3 Å². The zero-order chi connectivity index (χ0) is 8.10. The third-order valence-corrected chi connectivity index (χ3v) is 1.17. The lowest BCUT2D eigenvalue weighted by molar-refractivity contribution is 0.170. The molecule has 11 heavy (non-hydrogen) atoms. The van der Waals surface area contributed by atoms with Gasteiger partial charge < -0.3 is 10.1 Å². The van der Waals surface area contributed by atoms with Crippen LogP contribution in [-0.4, -0.2) is 23.4 Å². The summed E-state index contributed by atoms with van der Waals surface area (Å²) in [6, 6.07) is 1.77. The highest BCUT2D eigenvalue weighted by Gasteiger charge is 1.97. The van der Waals surface area contributed by atoms with Gasteiger partial charge in [-0.1, -0.05) is 0 Å². The van der Waals surface area contributed by atoms with Crippen molar-refractivity contribution in [2.45, 2.75) is 6.54 Å². The number of hydrogen-bond donors (Lipinski definition) is 2. The van der Waals surface area contributed by atoms with Crippen LogP contribution in [0.25, 0.3) is 0 Å². The largest absolute Gasteiger partial charge is 0.453 e. The highest BCUT2D eigenvalue weighted by atomic mass is 16.5. The van der Waals surface area contributed by atoms with E-state index in [0.29, 0.717) is 6.54 Å². The van der Waals surface area contributed by atoms with Gasteiger partial charge in [0, 0.05) is 6.20 Å². The molecule has 0 aliphatic heterocycles. The second-order valence-electron chi connectivity index (χ2n) is 1.93. The Morgan fingerprint density at radius 3 is 3.27 bits per heavy atom. The molecule has 0 unspecified atom stereocenters. The summed E-state index contributed by atoms with van der Waals surface area (Å²) in [4.78, 5) is 10.5. The number of nitrogens with one attached hydrogen (secondary N) is 2. The second kappa shape index (κ2) is 3.60. The van der Waals surface area contributed by atoms with Crippen molar-refractivity contribution in [2.75, 3.05) is 7.11 Å². The lowest BCUT2D eigenvalue weighted by Crippen LogP contribution is -2.22. The van der Waals surface area contributed by atoms with Crippen LogP contribution < -0.4 is 5.32 Å². The summed E-state index contributed by atoms with van der Waals surface area (Å²) in [5.41, 5.74) is 0.843. The number of carbonyl (C=O) groups excluding carboxylic acids is 1. The van der Waals surface area contributed by atoms with Gasteiger partial charge in [-0.25, -0.2) is 4.79 Å². The lowest BCUT2D eigenvalue weighted by atomic mass is 10.4. The van der Waals surface area contributed by atoms with Crippen molar-refractivity contribution in [1.82, 2.24) is 15.5 Å². The van der Waals surface area contributed by atoms with Crippen molar-refractivity contribution in [2.24, 2.45) is 0 Å². The first-order chi connectivity index (χ1) is 5.33. The van der Waals surface area contributed by atoms with Crippen molar-refractivity contribution in [3.05, 3.63) is 18.0 Å². The molecular formula is C6H9N3O2. The number of rotatable bonds is 2. The highest BCUT2D eigenvalue weighted by Crippen LogP contribution is 1.89. The van der Waals surface area contributed by atoms with Gasteiger partial charge in [-0.15, -0.1) is 0 Å². The molecule has 0 saturated carbocycles. The molecule has 0 radical (unpaired) electrons. The van der Waals surface area contributed by atoms with Gasteiger partial charge in [-0.3, -0.25) is 5.10 Å². The average Bonchev–Trinajstić information content (AvgIpc) is 2.52. The van der Waals surface area contributed by atoms with Crippen molar-refractivity contribution in [3.8, 4) is 0 Å². The zero-order valence-electron chi connectivity index (χ0n) is 6.13. The molecule has 5 heteroatoms. The monoisotopic (exact) mass is 155 g/mol. The summed E-state index contributed by atoms with van der Waals surface area (Å²) in [7, 11) is 1.32. The minimum Gasteiger partial charge on any atom is -0.453 e. The maximum atomic E-state index is 10.5. The van der Waals surface area contributed by atoms with E-state index >= 15 is 0 Å². The van der Waals surface area contributed by atoms with E-state index in [1.807, 2.05) is 0 Å². The minimum atomic E-state index is -0.445. The molecule has 1 amide bonds. The molecule has 0 saturated heterocycles. The van der Waals surface area contributed by atoms with Crippen LogP contribution in [0, 0.1) is 0 Å². The molecule has 2 N–H and O–H groups in total. The lowest BCUT2D eigenvalue weighted by Gasteiger charge is -1.99. The zero-order valence-corrected chi connectivity index (χ0v) is 6.13. The fourth-order valence-electron chi connectivity index (χ4n) is 0.623. The van der Waals surface area contributed by atoms with Gasteiger partial charge in [-0.2, -0.15) is 5.10 Å². The summed E-state index contributed by atoms with van der Waals surface area (Å²) in [5, 5.41) is 8.91. The maximum absolute atomic E-state index is 10.5. The van der Waals surface area contributed by atoms with Crippen LogP contribution in [-0.2, 0) is 11.3 Å². The molecule has 0 bridgehead atoms. The average molecular weight is 155 g/mol. The molecule has 1 aromatic rings.